The molecule has 0 aliphatic carbocycles. The second-order valence-electron chi connectivity index (χ2n) is 5.37. The maximum atomic E-state index is 13.0. The molecule has 3 unspecified atom stereocenters. The van der Waals surface area contributed by atoms with E-state index in [2.05, 4.69) is 0 Å². The van der Waals surface area contributed by atoms with Crippen LogP contribution in [0.3, 0.4) is 0 Å². The summed E-state index contributed by atoms with van der Waals surface area (Å²) < 4.78 is 13.0. The Morgan fingerprint density at radius 2 is 1.57 bits per heavy atom. The van der Waals surface area contributed by atoms with Crippen molar-refractivity contribution in [2.45, 2.75) is 30.0 Å². The van der Waals surface area contributed by atoms with Gasteiger partial charge in [-0.25, -0.2) is 0 Å². The Balaban J connectivity index is 2.36. The number of halogens is 1. The molecule has 0 bridgehead atoms. The lowest BCUT2D eigenvalue weighted by molar-refractivity contribution is 0.510. The molecule has 0 saturated carbocycles. The molecule has 0 heterocycles. The van der Waals surface area contributed by atoms with E-state index in [9.17, 15) is 4.21 Å². The van der Waals surface area contributed by atoms with Crippen molar-refractivity contribution >= 4 is 22.4 Å². The predicted molar refractivity (Wildman–Crippen MR) is 89.9 cm³/mol. The predicted octanol–water partition coefficient (Wildman–Crippen LogP) is 4.17. The number of nitrogens with two attached hydrogens (primary N) is 1. The molecule has 0 spiro atoms. The maximum Gasteiger partial charge on any atom is 0.0610 e. The molecular formula is C17H20ClNOS. The summed E-state index contributed by atoms with van der Waals surface area (Å²) in [6.45, 7) is 4.09. The van der Waals surface area contributed by atoms with Crippen molar-refractivity contribution in [2.75, 3.05) is 0 Å². The van der Waals surface area contributed by atoms with Crippen molar-refractivity contribution in [2.24, 2.45) is 11.7 Å². The van der Waals surface area contributed by atoms with Gasteiger partial charge in [0.05, 0.1) is 26.0 Å². The monoisotopic (exact) mass is 321 g/mol. The highest BCUT2D eigenvalue weighted by Crippen LogP contribution is 2.30. The molecule has 21 heavy (non-hydrogen) atoms. The molecular weight excluding hydrogens is 302 g/mol. The van der Waals surface area contributed by atoms with Crippen LogP contribution in [0.25, 0.3) is 0 Å². The first-order valence-corrected chi connectivity index (χ1v) is 8.57. The van der Waals surface area contributed by atoms with Crippen LogP contribution in [0.2, 0.25) is 5.02 Å². The molecule has 0 aliphatic rings. The van der Waals surface area contributed by atoms with Crippen LogP contribution in [-0.2, 0) is 10.8 Å². The summed E-state index contributed by atoms with van der Waals surface area (Å²) in [4.78, 5) is 0.657. The van der Waals surface area contributed by atoms with Crippen LogP contribution in [0.1, 0.15) is 25.5 Å². The minimum Gasteiger partial charge on any atom is -0.323 e. The van der Waals surface area contributed by atoms with Crippen molar-refractivity contribution in [1.82, 2.24) is 0 Å². The van der Waals surface area contributed by atoms with E-state index in [0.29, 0.717) is 9.92 Å². The first kappa shape index (κ1) is 16.2. The Hall–Kier alpha value is -1.16. The molecule has 0 amide bonds. The van der Waals surface area contributed by atoms with Crippen LogP contribution in [0.15, 0.2) is 59.5 Å². The van der Waals surface area contributed by atoms with Crippen LogP contribution in [0.5, 0.6) is 0 Å². The molecule has 112 valence electrons. The second-order valence-corrected chi connectivity index (χ2v) is 7.36. The molecule has 0 saturated heterocycles. The van der Waals surface area contributed by atoms with Crippen molar-refractivity contribution in [3.05, 3.63) is 65.2 Å². The molecule has 2 nitrogen and oxygen atoms in total. The average molecular weight is 322 g/mol. The molecule has 3 atom stereocenters. The highest BCUT2D eigenvalue weighted by molar-refractivity contribution is 7.85. The summed E-state index contributed by atoms with van der Waals surface area (Å²) in [7, 11) is -1.25. The minimum absolute atomic E-state index is 0.178. The average Bonchev–Trinajstić information content (AvgIpc) is 2.48. The Kier molecular flexibility index (Phi) is 5.57. The Bertz CT molecular complexity index is 615. The third kappa shape index (κ3) is 3.73. The summed E-state index contributed by atoms with van der Waals surface area (Å²) in [5.41, 5.74) is 7.39. The van der Waals surface area contributed by atoms with E-state index in [1.165, 1.54) is 0 Å². The zero-order valence-corrected chi connectivity index (χ0v) is 13.8. The summed E-state index contributed by atoms with van der Waals surface area (Å²) in [6.07, 6.45) is 0. The largest absolute Gasteiger partial charge is 0.323 e. The smallest absolute Gasteiger partial charge is 0.0610 e. The van der Waals surface area contributed by atoms with E-state index >= 15 is 0 Å². The second kappa shape index (κ2) is 7.21. The van der Waals surface area contributed by atoms with Gasteiger partial charge in [0.15, 0.2) is 0 Å². The summed E-state index contributed by atoms with van der Waals surface area (Å²) in [5.74, 6) is 0.178. The van der Waals surface area contributed by atoms with Crippen LogP contribution < -0.4 is 5.73 Å². The summed E-state index contributed by atoms with van der Waals surface area (Å²) >= 11 is 6.18. The van der Waals surface area contributed by atoms with Gasteiger partial charge >= 0.3 is 0 Å². The first-order valence-electron chi connectivity index (χ1n) is 6.98. The van der Waals surface area contributed by atoms with E-state index in [-0.39, 0.29) is 17.2 Å². The van der Waals surface area contributed by atoms with E-state index < -0.39 is 10.8 Å². The molecule has 0 aliphatic heterocycles. The third-order valence-corrected chi connectivity index (χ3v) is 6.06. The number of benzene rings is 2. The molecule has 0 aromatic heterocycles. The fourth-order valence-corrected chi connectivity index (χ4v) is 4.46. The molecule has 0 radical (unpaired) electrons. The van der Waals surface area contributed by atoms with Gasteiger partial charge in [-0.3, -0.25) is 4.21 Å². The van der Waals surface area contributed by atoms with Crippen LogP contribution >= 0.6 is 11.6 Å². The lowest BCUT2D eigenvalue weighted by Gasteiger charge is -2.27. The van der Waals surface area contributed by atoms with Crippen LogP contribution in [0, 0.1) is 5.92 Å². The third-order valence-electron chi connectivity index (χ3n) is 3.50. The minimum atomic E-state index is -1.25. The SMILES string of the molecule is CC(C)C(C(N)c1ccccc1)S(=O)c1ccccc1Cl. The Morgan fingerprint density at radius 1 is 1.00 bits per heavy atom. The van der Waals surface area contributed by atoms with Crippen molar-refractivity contribution in [3.63, 3.8) is 0 Å². The van der Waals surface area contributed by atoms with Crippen molar-refractivity contribution in [1.29, 1.82) is 0 Å². The van der Waals surface area contributed by atoms with E-state index in [1.807, 2.05) is 62.4 Å². The first-order chi connectivity index (χ1) is 10.0. The van der Waals surface area contributed by atoms with Crippen LogP contribution in [-0.4, -0.2) is 9.46 Å². The van der Waals surface area contributed by atoms with Crippen molar-refractivity contribution in [3.8, 4) is 0 Å². The van der Waals surface area contributed by atoms with E-state index in [0.717, 1.165) is 5.56 Å². The van der Waals surface area contributed by atoms with Gasteiger partial charge in [0, 0.05) is 6.04 Å². The topological polar surface area (TPSA) is 43.1 Å². The van der Waals surface area contributed by atoms with Crippen LogP contribution in [0.4, 0.5) is 0 Å². The van der Waals surface area contributed by atoms with Gasteiger partial charge in [0.2, 0.25) is 0 Å². The standard InChI is InChI=1S/C17H20ClNOS/c1-12(2)17(16(19)13-8-4-3-5-9-13)21(20)15-11-7-6-10-14(15)18/h3-12,16-17H,19H2,1-2H3. The highest BCUT2D eigenvalue weighted by atomic mass is 35.5. The molecule has 0 fully saturated rings. The molecule has 2 rings (SSSR count). The van der Waals surface area contributed by atoms with Gasteiger partial charge in [-0.05, 0) is 23.6 Å². The van der Waals surface area contributed by atoms with Gasteiger partial charge in [-0.1, -0.05) is 67.9 Å². The number of rotatable bonds is 5. The maximum absolute atomic E-state index is 13.0. The van der Waals surface area contributed by atoms with Crippen molar-refractivity contribution < 1.29 is 4.21 Å². The molecule has 4 heteroatoms. The van der Waals surface area contributed by atoms with Gasteiger partial charge in [-0.15, -0.1) is 0 Å². The molecule has 2 aromatic rings. The zero-order valence-electron chi connectivity index (χ0n) is 12.2. The fraction of sp³-hybridized carbons (Fsp3) is 0.294. The Morgan fingerprint density at radius 3 is 2.14 bits per heavy atom. The normalized spacial score (nSPS) is 15.7. The molecule has 2 aromatic carbocycles. The highest BCUT2D eigenvalue weighted by Gasteiger charge is 2.30. The summed E-state index contributed by atoms with van der Waals surface area (Å²) in [5, 5.41) is 0.342. The van der Waals surface area contributed by atoms with Gasteiger partial charge in [0.25, 0.3) is 0 Å². The van der Waals surface area contributed by atoms with Gasteiger partial charge in [-0.2, -0.15) is 0 Å². The lowest BCUT2D eigenvalue weighted by atomic mass is 9.97. The fourth-order valence-electron chi connectivity index (χ4n) is 2.41. The zero-order chi connectivity index (χ0) is 15.4. The summed E-state index contributed by atoms with van der Waals surface area (Å²) in [6, 6.07) is 16.8. The van der Waals surface area contributed by atoms with Gasteiger partial charge < -0.3 is 5.73 Å². The Labute approximate surface area is 133 Å². The molecule has 2 N–H and O–H groups in total. The lowest BCUT2D eigenvalue weighted by Crippen LogP contribution is -2.34. The van der Waals surface area contributed by atoms with Gasteiger partial charge in [0.1, 0.15) is 0 Å². The van der Waals surface area contributed by atoms with E-state index in [4.69, 9.17) is 17.3 Å². The quantitative estimate of drug-likeness (QED) is 0.898. The van der Waals surface area contributed by atoms with E-state index in [1.54, 1.807) is 6.07 Å². The number of hydrogen-bond donors (Lipinski definition) is 1. The number of hydrogen-bond acceptors (Lipinski definition) is 2.